The van der Waals surface area contributed by atoms with Crippen LogP contribution in [0.5, 0.6) is 0 Å². The third-order valence-corrected chi connectivity index (χ3v) is 3.68. The summed E-state index contributed by atoms with van der Waals surface area (Å²) in [6.07, 6.45) is 3.31. The number of hydrogen-bond acceptors (Lipinski definition) is 3. The van der Waals surface area contributed by atoms with Crippen molar-refractivity contribution in [3.63, 3.8) is 0 Å². The molecule has 0 aliphatic heterocycles. The lowest BCUT2D eigenvalue weighted by atomic mass is 10.2. The molecule has 1 heterocycles. The van der Waals surface area contributed by atoms with Crippen molar-refractivity contribution in [2.75, 3.05) is 13.1 Å². The van der Waals surface area contributed by atoms with Gasteiger partial charge in [0.25, 0.3) is 5.91 Å². The minimum atomic E-state index is -0.116. The van der Waals surface area contributed by atoms with Gasteiger partial charge in [-0.05, 0) is 25.1 Å². The molecule has 126 valence electrons. The molecule has 0 fully saturated rings. The monoisotopic (exact) mass is 356 g/mol. The first-order valence-electron chi connectivity index (χ1n) is 7.37. The SMILES string of the molecule is CCN[C@H](C)CNC(=O)c1cnn(Cc2ccccc2Cl)c1.Cl. The number of aromatic nitrogens is 2. The van der Waals surface area contributed by atoms with Crippen LogP contribution in [0.2, 0.25) is 5.02 Å². The molecule has 1 atom stereocenters. The molecule has 7 heteroatoms. The molecule has 0 unspecified atom stereocenters. The molecule has 2 aromatic rings. The summed E-state index contributed by atoms with van der Waals surface area (Å²) in [7, 11) is 0. The Balaban J connectivity index is 0.00000264. The van der Waals surface area contributed by atoms with E-state index >= 15 is 0 Å². The first kappa shape index (κ1) is 19.5. The van der Waals surface area contributed by atoms with Crippen molar-refractivity contribution in [2.45, 2.75) is 26.4 Å². The van der Waals surface area contributed by atoms with Crippen LogP contribution >= 0.6 is 24.0 Å². The Morgan fingerprint density at radius 1 is 1.39 bits per heavy atom. The van der Waals surface area contributed by atoms with Crippen LogP contribution in [-0.2, 0) is 6.54 Å². The van der Waals surface area contributed by atoms with Crippen molar-refractivity contribution in [1.82, 2.24) is 20.4 Å². The standard InChI is InChI=1S/C16H21ClN4O.ClH/c1-3-18-12(2)8-19-16(22)14-9-20-21(11-14)10-13-6-4-5-7-15(13)17;/h4-7,9,11-12,18H,3,8,10H2,1-2H3,(H,19,22);1H/t12-;/m1./s1. The van der Waals surface area contributed by atoms with Crippen molar-refractivity contribution in [3.8, 4) is 0 Å². The first-order chi connectivity index (χ1) is 10.6. The Kier molecular flexibility index (Phi) is 8.09. The lowest BCUT2D eigenvalue weighted by Gasteiger charge is -2.12. The van der Waals surface area contributed by atoms with Crippen LogP contribution in [0.15, 0.2) is 36.7 Å². The largest absolute Gasteiger partial charge is 0.350 e. The molecule has 0 bridgehead atoms. The van der Waals surface area contributed by atoms with E-state index in [2.05, 4.69) is 15.7 Å². The van der Waals surface area contributed by atoms with Crippen LogP contribution in [0, 0.1) is 0 Å². The molecule has 1 aromatic heterocycles. The van der Waals surface area contributed by atoms with Crippen LogP contribution in [0.1, 0.15) is 29.8 Å². The van der Waals surface area contributed by atoms with E-state index in [4.69, 9.17) is 11.6 Å². The fourth-order valence-corrected chi connectivity index (χ4v) is 2.33. The van der Waals surface area contributed by atoms with Crippen molar-refractivity contribution in [2.24, 2.45) is 0 Å². The second-order valence-electron chi connectivity index (χ2n) is 5.19. The summed E-state index contributed by atoms with van der Waals surface area (Å²) >= 11 is 6.13. The van der Waals surface area contributed by atoms with Crippen LogP contribution in [0.3, 0.4) is 0 Å². The maximum atomic E-state index is 12.1. The number of nitrogens with one attached hydrogen (secondary N) is 2. The predicted molar refractivity (Wildman–Crippen MR) is 95.5 cm³/mol. The highest BCUT2D eigenvalue weighted by atomic mass is 35.5. The molecule has 1 aromatic carbocycles. The highest BCUT2D eigenvalue weighted by molar-refractivity contribution is 6.31. The van der Waals surface area contributed by atoms with E-state index < -0.39 is 0 Å². The van der Waals surface area contributed by atoms with E-state index in [9.17, 15) is 4.79 Å². The number of likely N-dealkylation sites (N-methyl/N-ethyl adjacent to an activating group) is 1. The van der Waals surface area contributed by atoms with Gasteiger partial charge in [-0.1, -0.05) is 36.7 Å². The van der Waals surface area contributed by atoms with E-state index in [1.165, 1.54) is 0 Å². The van der Waals surface area contributed by atoms with Crippen LogP contribution in [0.4, 0.5) is 0 Å². The minimum Gasteiger partial charge on any atom is -0.350 e. The highest BCUT2D eigenvalue weighted by Crippen LogP contribution is 2.16. The Bertz CT molecular complexity index is 630. The summed E-state index contributed by atoms with van der Waals surface area (Å²) < 4.78 is 1.71. The normalized spacial score (nSPS) is 11.6. The average Bonchev–Trinajstić information content (AvgIpc) is 2.96. The van der Waals surface area contributed by atoms with Crippen LogP contribution < -0.4 is 10.6 Å². The average molecular weight is 357 g/mol. The third kappa shape index (κ3) is 5.86. The number of amides is 1. The van der Waals surface area contributed by atoms with Crippen molar-refractivity contribution >= 4 is 29.9 Å². The van der Waals surface area contributed by atoms with E-state index in [-0.39, 0.29) is 24.4 Å². The van der Waals surface area contributed by atoms with Gasteiger partial charge < -0.3 is 10.6 Å². The van der Waals surface area contributed by atoms with Gasteiger partial charge in [0, 0.05) is 23.8 Å². The van der Waals surface area contributed by atoms with Crippen molar-refractivity contribution in [1.29, 1.82) is 0 Å². The van der Waals surface area contributed by atoms with E-state index in [1.54, 1.807) is 17.1 Å². The number of rotatable bonds is 7. The number of carbonyl (C=O) groups is 1. The number of carbonyl (C=O) groups excluding carboxylic acids is 1. The van der Waals surface area contributed by atoms with E-state index in [0.717, 1.165) is 12.1 Å². The van der Waals surface area contributed by atoms with Gasteiger partial charge in [-0.3, -0.25) is 9.48 Å². The molecular formula is C16H22Cl2N4O. The molecule has 1 amide bonds. The maximum absolute atomic E-state index is 12.1. The molecule has 2 N–H and O–H groups in total. The molecule has 0 saturated carbocycles. The second kappa shape index (κ2) is 9.55. The number of hydrogen-bond donors (Lipinski definition) is 2. The Morgan fingerprint density at radius 3 is 2.83 bits per heavy atom. The van der Waals surface area contributed by atoms with E-state index in [0.29, 0.717) is 23.7 Å². The molecule has 0 aliphatic carbocycles. The van der Waals surface area contributed by atoms with Crippen LogP contribution in [0.25, 0.3) is 0 Å². The van der Waals surface area contributed by atoms with Gasteiger partial charge in [0.2, 0.25) is 0 Å². The third-order valence-electron chi connectivity index (χ3n) is 3.31. The van der Waals surface area contributed by atoms with Gasteiger partial charge in [0.1, 0.15) is 0 Å². The second-order valence-corrected chi connectivity index (χ2v) is 5.59. The van der Waals surface area contributed by atoms with Gasteiger partial charge in [0.05, 0.1) is 18.3 Å². The fourth-order valence-electron chi connectivity index (χ4n) is 2.14. The zero-order valence-electron chi connectivity index (χ0n) is 13.3. The zero-order valence-corrected chi connectivity index (χ0v) is 14.8. The van der Waals surface area contributed by atoms with Gasteiger partial charge >= 0.3 is 0 Å². The van der Waals surface area contributed by atoms with Gasteiger partial charge in [-0.25, -0.2) is 0 Å². The fraction of sp³-hybridized carbons (Fsp3) is 0.375. The van der Waals surface area contributed by atoms with E-state index in [1.807, 2.05) is 38.1 Å². The smallest absolute Gasteiger partial charge is 0.254 e. The molecular weight excluding hydrogens is 335 g/mol. The number of nitrogens with zero attached hydrogens (tertiary/aromatic N) is 2. The lowest BCUT2D eigenvalue weighted by Crippen LogP contribution is -2.38. The summed E-state index contributed by atoms with van der Waals surface area (Å²) in [5, 5.41) is 11.1. The zero-order chi connectivity index (χ0) is 15.9. The van der Waals surface area contributed by atoms with Crippen molar-refractivity contribution < 1.29 is 4.79 Å². The molecule has 2 rings (SSSR count). The minimum absolute atomic E-state index is 0. The summed E-state index contributed by atoms with van der Waals surface area (Å²) in [5.41, 5.74) is 1.52. The summed E-state index contributed by atoms with van der Waals surface area (Å²) in [4.78, 5) is 12.1. The first-order valence-corrected chi connectivity index (χ1v) is 7.75. The quantitative estimate of drug-likeness (QED) is 0.801. The lowest BCUT2D eigenvalue weighted by molar-refractivity contribution is 0.0950. The molecule has 23 heavy (non-hydrogen) atoms. The van der Waals surface area contributed by atoms with Gasteiger partial charge in [-0.2, -0.15) is 5.10 Å². The Morgan fingerprint density at radius 2 is 2.13 bits per heavy atom. The van der Waals surface area contributed by atoms with Gasteiger partial charge in [0.15, 0.2) is 0 Å². The summed E-state index contributed by atoms with van der Waals surface area (Å²) in [6.45, 7) is 6.08. The van der Waals surface area contributed by atoms with Crippen molar-refractivity contribution in [3.05, 3.63) is 52.8 Å². The Labute approximate surface area is 147 Å². The summed E-state index contributed by atoms with van der Waals surface area (Å²) in [6, 6.07) is 7.85. The molecule has 0 spiro atoms. The Hall–Kier alpha value is -1.56. The van der Waals surface area contributed by atoms with Gasteiger partial charge in [-0.15, -0.1) is 12.4 Å². The summed E-state index contributed by atoms with van der Waals surface area (Å²) in [5.74, 6) is -0.116. The molecule has 0 saturated heterocycles. The highest BCUT2D eigenvalue weighted by Gasteiger charge is 2.10. The topological polar surface area (TPSA) is 58.9 Å². The molecule has 0 aliphatic rings. The predicted octanol–water partition coefficient (Wildman–Crippen LogP) is 2.73. The number of benzene rings is 1. The molecule has 5 nitrogen and oxygen atoms in total. The maximum Gasteiger partial charge on any atom is 0.254 e. The van der Waals surface area contributed by atoms with Crippen LogP contribution in [-0.4, -0.2) is 34.8 Å². The number of halogens is 2. The molecule has 0 radical (unpaired) electrons.